The molecule has 3 aromatic carbocycles. The van der Waals surface area contributed by atoms with Crippen LogP contribution in [0.4, 0.5) is 5.69 Å². The Morgan fingerprint density at radius 2 is 1.66 bits per heavy atom. The Morgan fingerprint density at radius 3 is 2.46 bits per heavy atom. The minimum absolute atomic E-state index is 0.0239. The van der Waals surface area contributed by atoms with Gasteiger partial charge in [-0.3, -0.25) is 14.3 Å². The summed E-state index contributed by atoms with van der Waals surface area (Å²) in [6.45, 7) is 1.49. The van der Waals surface area contributed by atoms with Gasteiger partial charge in [-0.1, -0.05) is 54.6 Å². The van der Waals surface area contributed by atoms with Crippen molar-refractivity contribution in [2.45, 2.75) is 19.6 Å². The summed E-state index contributed by atoms with van der Waals surface area (Å²) in [6, 6.07) is 25.0. The van der Waals surface area contributed by atoms with Gasteiger partial charge in [-0.2, -0.15) is 5.10 Å². The number of carbonyl (C=O) groups excluding carboxylic acids is 1. The van der Waals surface area contributed by atoms with Crippen molar-refractivity contribution in [2.24, 2.45) is 0 Å². The van der Waals surface area contributed by atoms with Gasteiger partial charge in [0.2, 0.25) is 0 Å². The Bertz CT molecular complexity index is 1550. The van der Waals surface area contributed by atoms with Gasteiger partial charge in [0.05, 0.1) is 24.8 Å². The largest absolute Gasteiger partial charge is 0.398 e. The molecule has 0 aliphatic carbocycles. The zero-order chi connectivity index (χ0) is 24.2. The summed E-state index contributed by atoms with van der Waals surface area (Å²) in [6.07, 6.45) is 5.10. The molecule has 0 bridgehead atoms. The Balaban J connectivity index is 1.18. The predicted octanol–water partition coefficient (Wildman–Crippen LogP) is 3.81. The van der Waals surface area contributed by atoms with Crippen molar-refractivity contribution >= 4 is 22.4 Å². The Kier molecular flexibility index (Phi) is 6.13. The first-order valence-electron chi connectivity index (χ1n) is 11.4. The summed E-state index contributed by atoms with van der Waals surface area (Å²) >= 11 is 0. The monoisotopic (exact) mass is 463 g/mol. The maximum Gasteiger partial charge on any atom is 0.254 e. The lowest BCUT2D eigenvalue weighted by Crippen LogP contribution is -2.22. The number of nitrogens with two attached hydrogens (primary N) is 1. The second-order valence-corrected chi connectivity index (χ2v) is 8.50. The number of nitrogens with one attached hydrogen (secondary N) is 1. The zero-order valence-corrected chi connectivity index (χ0v) is 19.1. The first kappa shape index (κ1) is 22.2. The highest BCUT2D eigenvalue weighted by atomic mass is 16.1. The average Bonchev–Trinajstić information content (AvgIpc) is 3.34. The van der Waals surface area contributed by atoms with E-state index in [0.29, 0.717) is 25.2 Å². The Morgan fingerprint density at radius 1 is 0.886 bits per heavy atom. The van der Waals surface area contributed by atoms with Crippen LogP contribution in [0.3, 0.4) is 0 Å². The molecule has 0 atom stereocenters. The quantitative estimate of drug-likeness (QED) is 0.359. The first-order valence-corrected chi connectivity index (χ1v) is 11.4. The van der Waals surface area contributed by atoms with Crippen LogP contribution in [-0.2, 0) is 19.6 Å². The van der Waals surface area contributed by atoms with E-state index in [1.165, 1.54) is 0 Å². The van der Waals surface area contributed by atoms with Crippen LogP contribution < -0.4 is 16.6 Å². The fraction of sp³-hybridized carbons (Fsp3) is 0.107. The van der Waals surface area contributed by atoms with Crippen LogP contribution in [0.5, 0.6) is 0 Å². The molecule has 5 aromatic rings. The number of aromatic nitrogens is 3. The highest BCUT2D eigenvalue weighted by Crippen LogP contribution is 2.22. The van der Waals surface area contributed by atoms with E-state index in [2.05, 4.69) is 10.4 Å². The summed E-state index contributed by atoms with van der Waals surface area (Å²) in [5.41, 5.74) is 10.3. The Labute approximate surface area is 202 Å². The summed E-state index contributed by atoms with van der Waals surface area (Å²) in [5, 5.41) is 9.35. The molecular weight excluding hydrogens is 438 g/mol. The topological polar surface area (TPSA) is 94.9 Å². The molecule has 7 nitrogen and oxygen atoms in total. The van der Waals surface area contributed by atoms with Crippen molar-refractivity contribution < 1.29 is 4.79 Å². The molecule has 7 heteroatoms. The lowest BCUT2D eigenvalue weighted by Gasteiger charge is -2.07. The molecule has 0 radical (unpaired) electrons. The van der Waals surface area contributed by atoms with Crippen molar-refractivity contribution in [3.8, 4) is 0 Å². The molecule has 0 saturated carbocycles. The standard InChI is InChI=1S/C28H25N5O2/c29-26-5-3-4-23-14-22(11-12-25(23)26)15-30-28(35)24-16-31-33(19-24)18-21-9-7-20(8-10-21)17-32-13-2-1-6-27(32)34/h1-14,16,19H,15,17-18,29H2,(H,30,35). The van der Waals surface area contributed by atoms with Gasteiger partial charge in [0.25, 0.3) is 11.5 Å². The molecule has 3 N–H and O–H groups in total. The molecule has 5 rings (SSSR count). The second kappa shape index (κ2) is 9.69. The lowest BCUT2D eigenvalue weighted by atomic mass is 10.1. The van der Waals surface area contributed by atoms with Crippen molar-refractivity contribution in [3.63, 3.8) is 0 Å². The molecular formula is C28H25N5O2. The fourth-order valence-corrected chi connectivity index (χ4v) is 4.04. The van der Waals surface area contributed by atoms with Gasteiger partial charge in [0.15, 0.2) is 0 Å². The van der Waals surface area contributed by atoms with Gasteiger partial charge >= 0.3 is 0 Å². The van der Waals surface area contributed by atoms with Crippen LogP contribution in [0.25, 0.3) is 10.8 Å². The molecule has 0 spiro atoms. The van der Waals surface area contributed by atoms with Crippen LogP contribution in [0.15, 0.2) is 102 Å². The molecule has 174 valence electrons. The van der Waals surface area contributed by atoms with E-state index in [1.54, 1.807) is 40.0 Å². The minimum atomic E-state index is -0.174. The van der Waals surface area contributed by atoms with E-state index in [0.717, 1.165) is 33.2 Å². The molecule has 35 heavy (non-hydrogen) atoms. The maximum absolute atomic E-state index is 12.6. The van der Waals surface area contributed by atoms with E-state index in [4.69, 9.17) is 5.73 Å². The van der Waals surface area contributed by atoms with Crippen LogP contribution in [0.1, 0.15) is 27.0 Å². The van der Waals surface area contributed by atoms with Crippen molar-refractivity contribution in [2.75, 3.05) is 5.73 Å². The number of rotatable bonds is 7. The SMILES string of the molecule is Nc1cccc2cc(CNC(=O)c3cnn(Cc4ccc(Cn5ccccc5=O)cc4)c3)ccc12. The summed E-state index contributed by atoms with van der Waals surface area (Å²) in [7, 11) is 0. The van der Waals surface area contributed by atoms with E-state index >= 15 is 0 Å². The predicted molar refractivity (Wildman–Crippen MR) is 137 cm³/mol. The Hall–Kier alpha value is -4.65. The summed E-state index contributed by atoms with van der Waals surface area (Å²) in [5.74, 6) is -0.174. The van der Waals surface area contributed by atoms with Gasteiger partial charge in [0.1, 0.15) is 0 Å². The zero-order valence-electron chi connectivity index (χ0n) is 19.1. The third-order valence-electron chi connectivity index (χ3n) is 5.95. The molecule has 0 aliphatic rings. The third-order valence-corrected chi connectivity index (χ3v) is 5.95. The number of benzene rings is 3. The van der Waals surface area contributed by atoms with Crippen LogP contribution in [0, 0.1) is 0 Å². The van der Waals surface area contributed by atoms with Crippen LogP contribution in [0.2, 0.25) is 0 Å². The number of hydrogen-bond donors (Lipinski definition) is 2. The number of pyridine rings is 1. The lowest BCUT2D eigenvalue weighted by molar-refractivity contribution is 0.0951. The van der Waals surface area contributed by atoms with Gasteiger partial charge in [0, 0.05) is 36.1 Å². The molecule has 2 heterocycles. The van der Waals surface area contributed by atoms with E-state index in [9.17, 15) is 9.59 Å². The highest BCUT2D eigenvalue weighted by Gasteiger charge is 2.09. The summed E-state index contributed by atoms with van der Waals surface area (Å²) < 4.78 is 3.41. The van der Waals surface area contributed by atoms with Crippen molar-refractivity contribution in [1.29, 1.82) is 0 Å². The smallest absolute Gasteiger partial charge is 0.254 e. The fourth-order valence-electron chi connectivity index (χ4n) is 4.04. The second-order valence-electron chi connectivity index (χ2n) is 8.50. The number of anilines is 1. The summed E-state index contributed by atoms with van der Waals surface area (Å²) in [4.78, 5) is 24.5. The molecule has 0 unspecified atom stereocenters. The van der Waals surface area contributed by atoms with E-state index in [-0.39, 0.29) is 11.5 Å². The van der Waals surface area contributed by atoms with Crippen molar-refractivity contribution in [1.82, 2.24) is 19.7 Å². The first-order chi connectivity index (χ1) is 17.0. The average molecular weight is 464 g/mol. The molecule has 2 aromatic heterocycles. The van der Waals surface area contributed by atoms with Gasteiger partial charge < -0.3 is 15.6 Å². The maximum atomic E-state index is 12.6. The molecule has 0 aliphatic heterocycles. The van der Waals surface area contributed by atoms with E-state index < -0.39 is 0 Å². The van der Waals surface area contributed by atoms with Gasteiger partial charge in [-0.25, -0.2) is 0 Å². The number of carbonyl (C=O) groups is 1. The number of nitrogen functional groups attached to an aromatic ring is 1. The molecule has 0 fully saturated rings. The third kappa shape index (κ3) is 5.14. The molecule has 1 amide bonds. The number of amides is 1. The van der Waals surface area contributed by atoms with Crippen LogP contribution in [-0.4, -0.2) is 20.3 Å². The number of nitrogens with zero attached hydrogens (tertiary/aromatic N) is 3. The van der Waals surface area contributed by atoms with E-state index in [1.807, 2.05) is 66.7 Å². The van der Waals surface area contributed by atoms with Gasteiger partial charge in [-0.05, 0) is 40.3 Å². The number of fused-ring (bicyclic) bond motifs is 1. The minimum Gasteiger partial charge on any atom is -0.398 e. The van der Waals surface area contributed by atoms with Crippen LogP contribution >= 0.6 is 0 Å². The highest BCUT2D eigenvalue weighted by molar-refractivity contribution is 5.94. The normalized spacial score (nSPS) is 11.0. The molecule has 0 saturated heterocycles. The number of hydrogen-bond acceptors (Lipinski definition) is 4. The van der Waals surface area contributed by atoms with Crippen molar-refractivity contribution in [3.05, 3.63) is 130 Å². The van der Waals surface area contributed by atoms with Gasteiger partial charge in [-0.15, -0.1) is 0 Å².